The van der Waals surface area contributed by atoms with E-state index in [-0.39, 0.29) is 17.6 Å². The number of rotatable bonds is 4. The Hall–Kier alpha value is -3.02. The molecule has 0 saturated carbocycles. The number of carbonyl (C=O) groups is 1. The first kappa shape index (κ1) is 14.9. The normalized spacial score (nSPS) is 11.9. The first-order valence-corrected chi connectivity index (χ1v) is 7.26. The first-order valence-electron chi connectivity index (χ1n) is 7.26. The largest absolute Gasteiger partial charge is 0.337 e. The average Bonchev–Trinajstić information content (AvgIpc) is 3.00. The Bertz CT molecular complexity index is 813. The molecule has 0 bridgehead atoms. The molecule has 6 nitrogen and oxygen atoms in total. The summed E-state index contributed by atoms with van der Waals surface area (Å²) < 4.78 is 1.90. The van der Waals surface area contributed by atoms with Crippen LogP contribution in [0.3, 0.4) is 0 Å². The molecule has 1 N–H and O–H groups in total. The molecule has 0 aliphatic rings. The highest BCUT2D eigenvalue weighted by Crippen LogP contribution is 2.23. The van der Waals surface area contributed by atoms with Gasteiger partial charge in [-0.1, -0.05) is 24.3 Å². The predicted molar refractivity (Wildman–Crippen MR) is 85.7 cm³/mol. The lowest BCUT2D eigenvalue weighted by Crippen LogP contribution is -2.32. The zero-order valence-corrected chi connectivity index (χ0v) is 13.0. The molecule has 2 aromatic heterocycles. The minimum Gasteiger partial charge on any atom is -0.337 e. The van der Waals surface area contributed by atoms with Crippen LogP contribution in [0.2, 0.25) is 0 Å². The quantitative estimate of drug-likeness (QED) is 0.800. The molecule has 0 fully saturated rings. The van der Waals surface area contributed by atoms with Gasteiger partial charge in [-0.2, -0.15) is 0 Å². The van der Waals surface area contributed by atoms with Crippen molar-refractivity contribution in [2.45, 2.75) is 13.0 Å². The maximum absolute atomic E-state index is 12.5. The standard InChI is InChI=1S/C17H17N5O/c1-12-5-3-4-6-13(12)15(16-20-9-10-22(16)2)21-17(23)14-11-18-7-8-19-14/h3-11,15H,1-2H3,(H,21,23). The molecule has 6 heteroatoms. The molecule has 1 atom stereocenters. The highest BCUT2D eigenvalue weighted by atomic mass is 16.2. The molecule has 0 aliphatic heterocycles. The zero-order valence-electron chi connectivity index (χ0n) is 13.0. The summed E-state index contributed by atoms with van der Waals surface area (Å²) in [5, 5.41) is 3.01. The highest BCUT2D eigenvalue weighted by molar-refractivity contribution is 5.92. The second-order valence-electron chi connectivity index (χ2n) is 5.25. The van der Waals surface area contributed by atoms with Gasteiger partial charge >= 0.3 is 0 Å². The molecule has 1 unspecified atom stereocenters. The summed E-state index contributed by atoms with van der Waals surface area (Å²) in [6.45, 7) is 2.01. The van der Waals surface area contributed by atoms with Gasteiger partial charge in [0, 0.05) is 31.8 Å². The second kappa shape index (κ2) is 6.39. The molecule has 1 amide bonds. The third kappa shape index (κ3) is 3.11. The van der Waals surface area contributed by atoms with Crippen molar-refractivity contribution >= 4 is 5.91 Å². The molecule has 0 saturated heterocycles. The van der Waals surface area contributed by atoms with Crippen molar-refractivity contribution in [2.24, 2.45) is 7.05 Å². The molecule has 1 aromatic carbocycles. The van der Waals surface area contributed by atoms with Crippen molar-refractivity contribution in [3.05, 3.63) is 77.9 Å². The molecular formula is C17H17N5O. The van der Waals surface area contributed by atoms with Crippen LogP contribution in [-0.4, -0.2) is 25.4 Å². The van der Waals surface area contributed by atoms with Crippen LogP contribution in [0, 0.1) is 6.92 Å². The SMILES string of the molecule is Cc1ccccc1C(NC(=O)c1cnccn1)c1nccn1C. The number of nitrogens with one attached hydrogen (secondary N) is 1. The molecule has 0 radical (unpaired) electrons. The lowest BCUT2D eigenvalue weighted by atomic mass is 10.0. The Morgan fingerprint density at radius 2 is 2.00 bits per heavy atom. The molecule has 0 aliphatic carbocycles. The van der Waals surface area contributed by atoms with Crippen LogP contribution in [0.5, 0.6) is 0 Å². The van der Waals surface area contributed by atoms with E-state index in [1.165, 1.54) is 18.6 Å². The maximum Gasteiger partial charge on any atom is 0.272 e. The third-order valence-electron chi connectivity index (χ3n) is 3.69. The second-order valence-corrected chi connectivity index (χ2v) is 5.25. The highest BCUT2D eigenvalue weighted by Gasteiger charge is 2.23. The fraction of sp³-hybridized carbons (Fsp3) is 0.176. The van der Waals surface area contributed by atoms with Gasteiger partial charge in [-0.05, 0) is 18.1 Å². The Morgan fingerprint density at radius 3 is 2.65 bits per heavy atom. The number of amides is 1. The van der Waals surface area contributed by atoms with Gasteiger partial charge in [0.15, 0.2) is 0 Å². The van der Waals surface area contributed by atoms with E-state index in [0.717, 1.165) is 17.0 Å². The van der Waals surface area contributed by atoms with Crippen LogP contribution in [0.15, 0.2) is 55.2 Å². The molecule has 3 rings (SSSR count). The van der Waals surface area contributed by atoms with Crippen LogP contribution in [0.4, 0.5) is 0 Å². The van der Waals surface area contributed by atoms with Crippen LogP contribution in [-0.2, 0) is 7.05 Å². The van der Waals surface area contributed by atoms with Gasteiger partial charge in [-0.15, -0.1) is 0 Å². The van der Waals surface area contributed by atoms with Gasteiger partial charge in [0.25, 0.3) is 5.91 Å². The van der Waals surface area contributed by atoms with Crippen LogP contribution < -0.4 is 5.32 Å². The predicted octanol–water partition coefficient (Wildman–Crippen LogP) is 2.04. The zero-order chi connectivity index (χ0) is 16.2. The van der Waals surface area contributed by atoms with Crippen LogP contribution >= 0.6 is 0 Å². The minimum atomic E-state index is -0.356. The number of hydrogen-bond acceptors (Lipinski definition) is 4. The van der Waals surface area contributed by atoms with Crippen molar-refractivity contribution < 1.29 is 4.79 Å². The minimum absolute atomic E-state index is 0.278. The monoisotopic (exact) mass is 307 g/mol. The fourth-order valence-electron chi connectivity index (χ4n) is 2.47. The Balaban J connectivity index is 1.98. The van der Waals surface area contributed by atoms with Gasteiger partial charge in [-0.3, -0.25) is 9.78 Å². The summed E-state index contributed by atoms with van der Waals surface area (Å²) in [5.41, 5.74) is 2.36. The molecule has 2 heterocycles. The third-order valence-corrected chi connectivity index (χ3v) is 3.69. The number of nitrogens with zero attached hydrogens (tertiary/aromatic N) is 4. The number of aryl methyl sites for hydroxylation is 2. The first-order chi connectivity index (χ1) is 11.2. The maximum atomic E-state index is 12.5. The summed E-state index contributed by atoms with van der Waals surface area (Å²) in [5.74, 6) is 0.478. The van der Waals surface area contributed by atoms with E-state index >= 15 is 0 Å². The van der Waals surface area contributed by atoms with Crippen molar-refractivity contribution in [2.75, 3.05) is 0 Å². The number of hydrogen-bond donors (Lipinski definition) is 1. The molecule has 0 spiro atoms. The van der Waals surface area contributed by atoms with E-state index in [4.69, 9.17) is 0 Å². The van der Waals surface area contributed by atoms with E-state index in [1.54, 1.807) is 6.20 Å². The lowest BCUT2D eigenvalue weighted by molar-refractivity contribution is 0.0935. The number of aromatic nitrogens is 4. The molecule has 23 heavy (non-hydrogen) atoms. The van der Waals surface area contributed by atoms with Crippen molar-refractivity contribution in [3.63, 3.8) is 0 Å². The van der Waals surface area contributed by atoms with Gasteiger partial charge in [0.1, 0.15) is 17.6 Å². The molecule has 116 valence electrons. The smallest absolute Gasteiger partial charge is 0.272 e. The number of imidazole rings is 1. The van der Waals surface area contributed by atoms with E-state index in [9.17, 15) is 4.79 Å². The Morgan fingerprint density at radius 1 is 1.17 bits per heavy atom. The number of carbonyl (C=O) groups excluding carboxylic acids is 1. The summed E-state index contributed by atoms with van der Waals surface area (Å²) in [4.78, 5) is 24.9. The van der Waals surface area contributed by atoms with Crippen LogP contribution in [0.1, 0.15) is 33.5 Å². The number of benzene rings is 1. The van der Waals surface area contributed by atoms with E-state index in [1.807, 2.05) is 49.0 Å². The van der Waals surface area contributed by atoms with Gasteiger partial charge in [0.05, 0.1) is 6.20 Å². The van der Waals surface area contributed by atoms with Gasteiger partial charge in [-0.25, -0.2) is 9.97 Å². The Kier molecular flexibility index (Phi) is 4.14. The van der Waals surface area contributed by atoms with Crippen molar-refractivity contribution in [1.82, 2.24) is 24.8 Å². The van der Waals surface area contributed by atoms with E-state index < -0.39 is 0 Å². The van der Waals surface area contributed by atoms with Crippen LogP contribution in [0.25, 0.3) is 0 Å². The summed E-state index contributed by atoms with van der Waals surface area (Å²) in [6, 6.07) is 7.57. The molecule has 3 aromatic rings. The lowest BCUT2D eigenvalue weighted by Gasteiger charge is -2.20. The average molecular weight is 307 g/mol. The van der Waals surface area contributed by atoms with Crippen molar-refractivity contribution in [3.8, 4) is 0 Å². The Labute approximate surface area is 134 Å². The van der Waals surface area contributed by atoms with E-state index in [2.05, 4.69) is 20.3 Å². The van der Waals surface area contributed by atoms with Gasteiger partial charge < -0.3 is 9.88 Å². The topological polar surface area (TPSA) is 72.7 Å². The molecular weight excluding hydrogens is 290 g/mol. The summed E-state index contributed by atoms with van der Waals surface area (Å²) in [6.07, 6.45) is 8.06. The fourth-order valence-corrected chi connectivity index (χ4v) is 2.47. The summed E-state index contributed by atoms with van der Waals surface area (Å²) >= 11 is 0. The van der Waals surface area contributed by atoms with Crippen molar-refractivity contribution in [1.29, 1.82) is 0 Å². The van der Waals surface area contributed by atoms with Gasteiger partial charge in [0.2, 0.25) is 0 Å². The summed E-state index contributed by atoms with van der Waals surface area (Å²) in [7, 11) is 1.90. The van der Waals surface area contributed by atoms with E-state index in [0.29, 0.717) is 0 Å².